The molecule has 4 heteroatoms. The van der Waals surface area contributed by atoms with Gasteiger partial charge in [-0.25, -0.2) is 9.78 Å². The van der Waals surface area contributed by atoms with E-state index in [4.69, 9.17) is 16.0 Å². The van der Waals surface area contributed by atoms with Crippen molar-refractivity contribution < 1.29 is 4.42 Å². The van der Waals surface area contributed by atoms with Crippen molar-refractivity contribution in [2.75, 3.05) is 0 Å². The number of aryl methyl sites for hydroxylation is 1. The normalized spacial score (nSPS) is 10.6. The summed E-state index contributed by atoms with van der Waals surface area (Å²) in [7, 11) is 0. The zero-order valence-corrected chi connectivity index (χ0v) is 7.63. The van der Waals surface area contributed by atoms with Crippen molar-refractivity contribution >= 4 is 22.7 Å². The maximum Gasteiger partial charge on any atom is 0.357 e. The fourth-order valence-electron chi connectivity index (χ4n) is 1.06. The summed E-state index contributed by atoms with van der Waals surface area (Å²) < 4.78 is 4.97. The lowest BCUT2D eigenvalue weighted by Gasteiger charge is -1.96. The van der Waals surface area contributed by atoms with Crippen LogP contribution in [0.3, 0.4) is 0 Å². The average Bonchev–Trinajstić information content (AvgIpc) is 2.08. The second kappa shape index (κ2) is 2.85. The Kier molecular flexibility index (Phi) is 1.81. The molecule has 0 saturated heterocycles. The Labute approximate surface area is 79.0 Å². The number of benzene rings is 1. The minimum absolute atomic E-state index is 0.342. The van der Waals surface area contributed by atoms with E-state index in [-0.39, 0.29) is 0 Å². The summed E-state index contributed by atoms with van der Waals surface area (Å²) in [5.74, 6) is 0. The Morgan fingerprint density at radius 2 is 2.23 bits per heavy atom. The Bertz CT molecular complexity index is 518. The monoisotopic (exact) mass is 195 g/mol. The van der Waals surface area contributed by atoms with Gasteiger partial charge in [0.15, 0.2) is 5.58 Å². The molecule has 0 spiro atoms. The van der Waals surface area contributed by atoms with Gasteiger partial charge in [0.1, 0.15) is 11.2 Å². The van der Waals surface area contributed by atoms with Crippen molar-refractivity contribution in [2.24, 2.45) is 0 Å². The number of fused-ring (bicyclic) bond motifs is 1. The van der Waals surface area contributed by atoms with E-state index in [1.807, 2.05) is 0 Å². The quantitative estimate of drug-likeness (QED) is 0.647. The molecule has 0 aliphatic rings. The van der Waals surface area contributed by atoms with Crippen LogP contribution in [0.15, 0.2) is 27.4 Å². The minimum atomic E-state index is -0.408. The van der Waals surface area contributed by atoms with Crippen LogP contribution >= 0.6 is 11.6 Å². The van der Waals surface area contributed by atoms with Gasteiger partial charge in [0.25, 0.3) is 0 Å². The number of rotatable bonds is 0. The van der Waals surface area contributed by atoms with Crippen molar-refractivity contribution in [3.05, 3.63) is 39.3 Å². The highest BCUT2D eigenvalue weighted by molar-refractivity contribution is 6.31. The predicted molar refractivity (Wildman–Crippen MR) is 50.0 cm³/mol. The van der Waals surface area contributed by atoms with Gasteiger partial charge < -0.3 is 4.42 Å². The number of hydrogen-bond donors (Lipinski definition) is 0. The van der Waals surface area contributed by atoms with Gasteiger partial charge in [0, 0.05) is 5.02 Å². The van der Waals surface area contributed by atoms with Gasteiger partial charge in [-0.3, -0.25) is 0 Å². The summed E-state index contributed by atoms with van der Waals surface area (Å²) in [6.45, 7) is 1.60. The molecule has 0 unspecified atom stereocenters. The topological polar surface area (TPSA) is 43.1 Å². The minimum Gasteiger partial charge on any atom is -0.420 e. The molecule has 0 bridgehead atoms. The molecule has 0 atom stereocenters. The third-order valence-electron chi connectivity index (χ3n) is 1.71. The standard InChI is InChI=1S/C9H6ClNO2/c1-5-9(12)13-8-3-2-6(10)4-7(8)11-5/h2-4H,1H3. The molecular weight excluding hydrogens is 190 g/mol. The van der Waals surface area contributed by atoms with Crippen LogP contribution in [0.2, 0.25) is 5.02 Å². The van der Waals surface area contributed by atoms with Gasteiger partial charge in [0.05, 0.1) is 0 Å². The van der Waals surface area contributed by atoms with Gasteiger partial charge in [0.2, 0.25) is 0 Å². The van der Waals surface area contributed by atoms with Gasteiger partial charge in [-0.15, -0.1) is 0 Å². The van der Waals surface area contributed by atoms with Crippen molar-refractivity contribution in [1.29, 1.82) is 0 Å². The van der Waals surface area contributed by atoms with E-state index in [9.17, 15) is 4.79 Å². The van der Waals surface area contributed by atoms with Crippen molar-refractivity contribution in [3.8, 4) is 0 Å². The third kappa shape index (κ3) is 1.42. The summed E-state index contributed by atoms with van der Waals surface area (Å²) in [6, 6.07) is 4.95. The lowest BCUT2D eigenvalue weighted by Crippen LogP contribution is -2.05. The molecule has 0 aliphatic heterocycles. The molecule has 1 aromatic carbocycles. The molecule has 2 aromatic rings. The summed E-state index contributed by atoms with van der Waals surface area (Å²) in [5, 5.41) is 0.577. The van der Waals surface area contributed by atoms with Crippen LogP contribution in [0.25, 0.3) is 11.1 Å². The van der Waals surface area contributed by atoms with Crippen LogP contribution in [-0.4, -0.2) is 4.98 Å². The summed E-state index contributed by atoms with van der Waals surface area (Å²) in [4.78, 5) is 15.1. The molecule has 2 rings (SSSR count). The smallest absolute Gasteiger partial charge is 0.357 e. The maximum atomic E-state index is 11.1. The molecule has 66 valence electrons. The van der Waals surface area contributed by atoms with Crippen LogP contribution in [0.1, 0.15) is 5.69 Å². The van der Waals surface area contributed by atoms with Crippen LogP contribution in [0.5, 0.6) is 0 Å². The van der Waals surface area contributed by atoms with Crippen LogP contribution in [0, 0.1) is 6.92 Å². The largest absolute Gasteiger partial charge is 0.420 e. The van der Waals surface area contributed by atoms with Gasteiger partial charge in [-0.1, -0.05) is 11.6 Å². The van der Waals surface area contributed by atoms with E-state index < -0.39 is 5.63 Å². The Morgan fingerprint density at radius 1 is 1.46 bits per heavy atom. The summed E-state index contributed by atoms with van der Waals surface area (Å²) in [6.07, 6.45) is 0. The SMILES string of the molecule is Cc1nc2cc(Cl)ccc2oc1=O. The van der Waals surface area contributed by atoms with Gasteiger partial charge in [-0.05, 0) is 25.1 Å². The molecule has 3 nitrogen and oxygen atoms in total. The molecular formula is C9H6ClNO2. The zero-order chi connectivity index (χ0) is 9.42. The van der Waals surface area contributed by atoms with Crippen LogP contribution < -0.4 is 5.63 Å². The van der Waals surface area contributed by atoms with E-state index in [0.717, 1.165) is 0 Å². The van der Waals surface area contributed by atoms with Gasteiger partial charge in [-0.2, -0.15) is 0 Å². The van der Waals surface area contributed by atoms with Crippen molar-refractivity contribution in [1.82, 2.24) is 4.98 Å². The summed E-state index contributed by atoms with van der Waals surface area (Å²) in [5.41, 5.74) is 0.995. The maximum absolute atomic E-state index is 11.1. The second-order valence-electron chi connectivity index (χ2n) is 2.70. The van der Waals surface area contributed by atoms with E-state index in [2.05, 4.69) is 4.98 Å². The Hall–Kier alpha value is -1.35. The first-order chi connectivity index (χ1) is 6.16. The Balaban J connectivity index is 2.89. The fourth-order valence-corrected chi connectivity index (χ4v) is 1.23. The number of aromatic nitrogens is 1. The first-order valence-electron chi connectivity index (χ1n) is 3.74. The van der Waals surface area contributed by atoms with Gasteiger partial charge >= 0.3 is 5.63 Å². The predicted octanol–water partition coefficient (Wildman–Crippen LogP) is 2.15. The van der Waals surface area contributed by atoms with Crippen molar-refractivity contribution in [2.45, 2.75) is 6.92 Å². The molecule has 0 N–H and O–H groups in total. The van der Waals surface area contributed by atoms with Crippen LogP contribution in [0.4, 0.5) is 0 Å². The lowest BCUT2D eigenvalue weighted by atomic mass is 10.3. The summed E-state index contributed by atoms with van der Waals surface area (Å²) >= 11 is 5.75. The molecule has 0 radical (unpaired) electrons. The molecule has 0 saturated carbocycles. The molecule has 0 aliphatic carbocycles. The number of nitrogens with zero attached hydrogens (tertiary/aromatic N) is 1. The van der Waals surface area contributed by atoms with E-state index >= 15 is 0 Å². The lowest BCUT2D eigenvalue weighted by molar-refractivity contribution is 0.547. The molecule has 1 heterocycles. The van der Waals surface area contributed by atoms with Crippen LogP contribution in [-0.2, 0) is 0 Å². The third-order valence-corrected chi connectivity index (χ3v) is 1.94. The first kappa shape index (κ1) is 8.26. The average molecular weight is 196 g/mol. The van der Waals surface area contributed by atoms with E-state index in [0.29, 0.717) is 21.8 Å². The number of hydrogen-bond acceptors (Lipinski definition) is 3. The highest BCUT2D eigenvalue weighted by atomic mass is 35.5. The fraction of sp³-hybridized carbons (Fsp3) is 0.111. The highest BCUT2D eigenvalue weighted by Crippen LogP contribution is 2.15. The van der Waals surface area contributed by atoms with E-state index in [1.165, 1.54) is 0 Å². The second-order valence-corrected chi connectivity index (χ2v) is 3.14. The van der Waals surface area contributed by atoms with Crippen molar-refractivity contribution in [3.63, 3.8) is 0 Å². The number of halogens is 1. The zero-order valence-electron chi connectivity index (χ0n) is 6.87. The first-order valence-corrected chi connectivity index (χ1v) is 4.11. The molecule has 0 amide bonds. The molecule has 1 aromatic heterocycles. The van der Waals surface area contributed by atoms with E-state index in [1.54, 1.807) is 25.1 Å². The Morgan fingerprint density at radius 3 is 3.00 bits per heavy atom. The molecule has 13 heavy (non-hydrogen) atoms. The highest BCUT2D eigenvalue weighted by Gasteiger charge is 2.02. The molecule has 0 fully saturated rings.